The monoisotopic (exact) mass is 262 g/mol. The molecule has 1 rings (SSSR count). The zero-order chi connectivity index (χ0) is 10.4. The summed E-state index contributed by atoms with van der Waals surface area (Å²) in [5.74, 6) is 0. The number of halogens is 3. The molecule has 0 aliphatic carbocycles. The zero-order valence-electron chi connectivity index (χ0n) is 7.80. The average Bonchev–Trinajstić information content (AvgIpc) is 2.15. The van der Waals surface area contributed by atoms with E-state index < -0.39 is 6.43 Å². The molecule has 0 aliphatic heterocycles. The minimum absolute atomic E-state index is 0.0627. The van der Waals surface area contributed by atoms with Gasteiger partial charge in [-0.3, -0.25) is 0 Å². The molecule has 0 spiro atoms. The molecule has 0 radical (unpaired) electrons. The van der Waals surface area contributed by atoms with Crippen LogP contribution in [0.15, 0.2) is 30.3 Å². The highest BCUT2D eigenvalue weighted by molar-refractivity contribution is 9.09. The molecule has 0 aliphatic rings. The van der Waals surface area contributed by atoms with Crippen molar-refractivity contribution in [2.24, 2.45) is 0 Å². The van der Waals surface area contributed by atoms with E-state index in [0.717, 1.165) is 12.8 Å². The molecule has 0 amide bonds. The summed E-state index contributed by atoms with van der Waals surface area (Å²) in [6.45, 7) is 0. The molecule has 0 aromatic heterocycles. The van der Waals surface area contributed by atoms with Crippen LogP contribution >= 0.6 is 15.9 Å². The maximum Gasteiger partial charge on any atom is 0.239 e. The molecule has 0 nitrogen and oxygen atoms in total. The number of benzene rings is 1. The van der Waals surface area contributed by atoms with Gasteiger partial charge in [0.1, 0.15) is 0 Å². The third-order valence-corrected chi connectivity index (χ3v) is 2.85. The van der Waals surface area contributed by atoms with Gasteiger partial charge in [-0.15, -0.1) is 0 Å². The quantitative estimate of drug-likeness (QED) is 0.703. The minimum atomic E-state index is -2.21. The van der Waals surface area contributed by atoms with Crippen molar-refractivity contribution < 1.29 is 8.78 Å². The van der Waals surface area contributed by atoms with Gasteiger partial charge in [-0.05, 0) is 18.4 Å². The first-order valence-corrected chi connectivity index (χ1v) is 5.56. The highest BCUT2D eigenvalue weighted by Gasteiger charge is 2.11. The van der Waals surface area contributed by atoms with Gasteiger partial charge in [0.25, 0.3) is 0 Å². The van der Waals surface area contributed by atoms with Gasteiger partial charge < -0.3 is 0 Å². The number of aryl methyl sites for hydroxylation is 1. The van der Waals surface area contributed by atoms with Gasteiger partial charge in [0.05, 0.1) is 0 Å². The SMILES string of the molecule is FC(F)CC(Br)CCc1ccccc1. The predicted molar refractivity (Wildman–Crippen MR) is 58.1 cm³/mol. The van der Waals surface area contributed by atoms with Crippen molar-refractivity contribution in [3.8, 4) is 0 Å². The summed E-state index contributed by atoms with van der Waals surface area (Å²) in [7, 11) is 0. The number of alkyl halides is 3. The van der Waals surface area contributed by atoms with E-state index in [1.54, 1.807) is 0 Å². The summed E-state index contributed by atoms with van der Waals surface area (Å²) in [6, 6.07) is 9.91. The lowest BCUT2D eigenvalue weighted by atomic mass is 10.1. The van der Waals surface area contributed by atoms with Crippen LogP contribution in [0.5, 0.6) is 0 Å². The smallest absolute Gasteiger partial charge is 0.210 e. The molecule has 1 unspecified atom stereocenters. The summed E-state index contributed by atoms with van der Waals surface area (Å²) >= 11 is 3.26. The van der Waals surface area contributed by atoms with Crippen LogP contribution in [-0.4, -0.2) is 11.3 Å². The Morgan fingerprint density at radius 2 is 1.79 bits per heavy atom. The average molecular weight is 263 g/mol. The van der Waals surface area contributed by atoms with Gasteiger partial charge in [0.2, 0.25) is 6.43 Å². The van der Waals surface area contributed by atoms with E-state index in [2.05, 4.69) is 15.9 Å². The Morgan fingerprint density at radius 1 is 1.14 bits per heavy atom. The molecule has 0 bridgehead atoms. The summed E-state index contributed by atoms with van der Waals surface area (Å²) in [5.41, 5.74) is 1.20. The second-order valence-electron chi connectivity index (χ2n) is 3.25. The van der Waals surface area contributed by atoms with Crippen LogP contribution in [0.4, 0.5) is 8.78 Å². The van der Waals surface area contributed by atoms with E-state index in [1.807, 2.05) is 30.3 Å². The molecule has 1 aromatic carbocycles. The number of hydrogen-bond donors (Lipinski definition) is 0. The molecule has 0 saturated heterocycles. The molecule has 3 heteroatoms. The van der Waals surface area contributed by atoms with Gasteiger partial charge >= 0.3 is 0 Å². The lowest BCUT2D eigenvalue weighted by molar-refractivity contribution is 0.137. The molecule has 1 atom stereocenters. The molecule has 78 valence electrons. The molecule has 1 aromatic rings. The van der Waals surface area contributed by atoms with Crippen molar-refractivity contribution in [2.75, 3.05) is 0 Å². The molecule has 0 saturated carbocycles. The van der Waals surface area contributed by atoms with Crippen LogP contribution in [-0.2, 0) is 6.42 Å². The van der Waals surface area contributed by atoms with Crippen LogP contribution in [0.3, 0.4) is 0 Å². The lowest BCUT2D eigenvalue weighted by Crippen LogP contribution is -2.05. The molecule has 0 fully saturated rings. The Labute approximate surface area is 91.5 Å². The van der Waals surface area contributed by atoms with Crippen LogP contribution in [0, 0.1) is 0 Å². The Bertz CT molecular complexity index is 249. The van der Waals surface area contributed by atoms with Crippen molar-refractivity contribution in [1.82, 2.24) is 0 Å². The van der Waals surface area contributed by atoms with Crippen molar-refractivity contribution in [3.05, 3.63) is 35.9 Å². The van der Waals surface area contributed by atoms with E-state index in [-0.39, 0.29) is 11.2 Å². The highest BCUT2D eigenvalue weighted by atomic mass is 79.9. The minimum Gasteiger partial charge on any atom is -0.210 e. The fourth-order valence-corrected chi connectivity index (χ4v) is 1.79. The summed E-state index contributed by atoms with van der Waals surface area (Å²) < 4.78 is 24.0. The van der Waals surface area contributed by atoms with Crippen molar-refractivity contribution in [3.63, 3.8) is 0 Å². The molecular weight excluding hydrogens is 250 g/mol. The molecule has 0 N–H and O–H groups in total. The Kier molecular flexibility index (Phi) is 5.09. The third-order valence-electron chi connectivity index (χ3n) is 2.02. The van der Waals surface area contributed by atoms with E-state index >= 15 is 0 Å². The number of rotatable bonds is 5. The fourth-order valence-electron chi connectivity index (χ4n) is 1.28. The van der Waals surface area contributed by atoms with Crippen LogP contribution in [0.25, 0.3) is 0 Å². The van der Waals surface area contributed by atoms with Gasteiger partial charge in [0.15, 0.2) is 0 Å². The van der Waals surface area contributed by atoms with Crippen molar-refractivity contribution in [2.45, 2.75) is 30.5 Å². The van der Waals surface area contributed by atoms with E-state index in [1.165, 1.54) is 5.56 Å². The second kappa shape index (κ2) is 6.12. The van der Waals surface area contributed by atoms with E-state index in [4.69, 9.17) is 0 Å². The molecular formula is C11H13BrF2. The van der Waals surface area contributed by atoms with Crippen LogP contribution in [0.1, 0.15) is 18.4 Å². The van der Waals surface area contributed by atoms with Gasteiger partial charge in [-0.2, -0.15) is 0 Å². The Morgan fingerprint density at radius 3 is 2.36 bits per heavy atom. The summed E-state index contributed by atoms with van der Waals surface area (Å²) in [6.07, 6.45) is -0.667. The molecule has 14 heavy (non-hydrogen) atoms. The Hall–Kier alpha value is -0.440. The third kappa shape index (κ3) is 4.70. The molecule has 0 heterocycles. The fraction of sp³-hybridized carbons (Fsp3) is 0.455. The van der Waals surface area contributed by atoms with E-state index in [0.29, 0.717) is 0 Å². The first-order valence-electron chi connectivity index (χ1n) is 4.64. The summed E-state index contributed by atoms with van der Waals surface area (Å²) in [4.78, 5) is -0.0808. The Balaban J connectivity index is 2.27. The summed E-state index contributed by atoms with van der Waals surface area (Å²) in [5, 5.41) is 0. The first kappa shape index (κ1) is 11.6. The maximum atomic E-state index is 12.0. The van der Waals surface area contributed by atoms with Crippen molar-refractivity contribution >= 4 is 15.9 Å². The standard InChI is InChI=1S/C11H13BrF2/c12-10(8-11(13)14)7-6-9-4-2-1-3-5-9/h1-5,10-11H,6-8H2. The van der Waals surface area contributed by atoms with Crippen molar-refractivity contribution in [1.29, 1.82) is 0 Å². The van der Waals surface area contributed by atoms with Crippen LogP contribution in [0.2, 0.25) is 0 Å². The normalized spacial score (nSPS) is 13.1. The highest BCUT2D eigenvalue weighted by Crippen LogP contribution is 2.17. The predicted octanol–water partition coefficient (Wildman–Crippen LogP) is 4.04. The largest absolute Gasteiger partial charge is 0.239 e. The zero-order valence-corrected chi connectivity index (χ0v) is 9.38. The lowest BCUT2D eigenvalue weighted by Gasteiger charge is -2.08. The van der Waals surface area contributed by atoms with Crippen LogP contribution < -0.4 is 0 Å². The maximum absolute atomic E-state index is 12.0. The van der Waals surface area contributed by atoms with Gasteiger partial charge in [0, 0.05) is 11.2 Å². The second-order valence-corrected chi connectivity index (χ2v) is 4.54. The first-order chi connectivity index (χ1) is 6.68. The topological polar surface area (TPSA) is 0 Å². The number of hydrogen-bond acceptors (Lipinski definition) is 0. The van der Waals surface area contributed by atoms with Gasteiger partial charge in [-0.25, -0.2) is 8.78 Å². The van der Waals surface area contributed by atoms with E-state index in [9.17, 15) is 8.78 Å². The van der Waals surface area contributed by atoms with Gasteiger partial charge in [-0.1, -0.05) is 46.3 Å².